The number of aryl methyl sites for hydroxylation is 1. The van der Waals surface area contributed by atoms with Gasteiger partial charge in [0.1, 0.15) is 0 Å². The van der Waals surface area contributed by atoms with E-state index in [-0.39, 0.29) is 0 Å². The number of unbranched alkanes of at least 4 members (excludes halogenated alkanes) is 1. The van der Waals surface area contributed by atoms with Crippen molar-refractivity contribution in [2.24, 2.45) is 0 Å². The average molecular weight is 292 g/mol. The minimum absolute atomic E-state index is 1.11. The molecule has 0 nitrogen and oxygen atoms in total. The van der Waals surface area contributed by atoms with E-state index in [9.17, 15) is 0 Å². The highest BCUT2D eigenvalue weighted by Crippen LogP contribution is 2.17. The van der Waals surface area contributed by atoms with Crippen molar-refractivity contribution in [3.8, 4) is 0 Å². The molecule has 0 fully saturated rings. The Hall–Kier alpha value is 0.180. The van der Waals surface area contributed by atoms with Crippen molar-refractivity contribution in [1.82, 2.24) is 0 Å². The molecular weight excluding hydrogens is 280 g/mol. The lowest BCUT2D eigenvalue weighted by Crippen LogP contribution is -1.87. The third kappa shape index (κ3) is 3.28. The van der Waals surface area contributed by atoms with Gasteiger partial charge in [-0.2, -0.15) is 0 Å². The van der Waals surface area contributed by atoms with E-state index in [4.69, 9.17) is 0 Å². The molecule has 66 valence electrons. The van der Waals surface area contributed by atoms with Gasteiger partial charge in [0.05, 0.1) is 0 Å². The summed E-state index contributed by atoms with van der Waals surface area (Å²) in [5.74, 6) is 0. The standard InChI is InChI=1S/C10H12Br2/c11-8-4-3-6-9-5-1-2-7-10(9)12/h1-2,5,7H,3-4,6,8H2. The summed E-state index contributed by atoms with van der Waals surface area (Å²) < 4.78 is 1.24. The molecule has 0 amide bonds. The quantitative estimate of drug-likeness (QED) is 0.577. The van der Waals surface area contributed by atoms with Crippen LogP contribution in [-0.2, 0) is 6.42 Å². The van der Waals surface area contributed by atoms with E-state index in [0.717, 1.165) is 5.33 Å². The highest BCUT2D eigenvalue weighted by Gasteiger charge is 1.96. The van der Waals surface area contributed by atoms with Crippen LogP contribution >= 0.6 is 31.9 Å². The van der Waals surface area contributed by atoms with E-state index in [1.54, 1.807) is 0 Å². The molecular formula is C10H12Br2. The van der Waals surface area contributed by atoms with Gasteiger partial charge in [0.25, 0.3) is 0 Å². The molecule has 2 heteroatoms. The normalized spacial score (nSPS) is 10.2. The third-order valence-corrected chi connectivity index (χ3v) is 3.12. The van der Waals surface area contributed by atoms with Crippen LogP contribution in [0.3, 0.4) is 0 Å². The van der Waals surface area contributed by atoms with E-state index in [0.29, 0.717) is 0 Å². The number of rotatable bonds is 4. The molecule has 0 bridgehead atoms. The summed E-state index contributed by atoms with van der Waals surface area (Å²) in [6.45, 7) is 0. The van der Waals surface area contributed by atoms with Crippen molar-refractivity contribution >= 4 is 31.9 Å². The first-order valence-corrected chi connectivity index (χ1v) is 6.05. The molecule has 1 aromatic carbocycles. The lowest BCUT2D eigenvalue weighted by atomic mass is 10.1. The maximum absolute atomic E-state index is 3.54. The Bertz CT molecular complexity index is 233. The number of benzene rings is 1. The second kappa shape index (κ2) is 5.76. The molecule has 0 radical (unpaired) electrons. The Kier molecular flexibility index (Phi) is 4.93. The number of hydrogen-bond donors (Lipinski definition) is 0. The minimum Gasteiger partial charge on any atom is -0.0928 e. The minimum atomic E-state index is 1.11. The largest absolute Gasteiger partial charge is 0.0928 e. The summed E-state index contributed by atoms with van der Waals surface area (Å²) in [7, 11) is 0. The Morgan fingerprint density at radius 3 is 2.50 bits per heavy atom. The molecule has 0 atom stereocenters. The zero-order valence-corrected chi connectivity index (χ0v) is 10.1. The van der Waals surface area contributed by atoms with Crippen molar-refractivity contribution in [3.05, 3.63) is 34.3 Å². The maximum Gasteiger partial charge on any atom is 0.0207 e. The molecule has 1 aromatic rings. The number of alkyl halides is 1. The van der Waals surface area contributed by atoms with Gasteiger partial charge in [-0.15, -0.1) is 0 Å². The second-order valence-corrected chi connectivity index (χ2v) is 4.38. The molecule has 0 heterocycles. The van der Waals surface area contributed by atoms with Gasteiger partial charge in [0.2, 0.25) is 0 Å². The van der Waals surface area contributed by atoms with Crippen LogP contribution in [0.2, 0.25) is 0 Å². The van der Waals surface area contributed by atoms with Crippen LogP contribution in [0.1, 0.15) is 18.4 Å². The monoisotopic (exact) mass is 290 g/mol. The van der Waals surface area contributed by atoms with Gasteiger partial charge in [-0.1, -0.05) is 50.1 Å². The fourth-order valence-corrected chi connectivity index (χ4v) is 1.99. The Morgan fingerprint density at radius 2 is 1.83 bits per heavy atom. The van der Waals surface area contributed by atoms with Crippen molar-refractivity contribution in [1.29, 1.82) is 0 Å². The van der Waals surface area contributed by atoms with Crippen molar-refractivity contribution < 1.29 is 0 Å². The van der Waals surface area contributed by atoms with E-state index >= 15 is 0 Å². The summed E-state index contributed by atoms with van der Waals surface area (Å²) in [6.07, 6.45) is 3.68. The van der Waals surface area contributed by atoms with Crippen LogP contribution in [0.15, 0.2) is 28.7 Å². The maximum atomic E-state index is 3.54. The van der Waals surface area contributed by atoms with Crippen molar-refractivity contribution in [2.45, 2.75) is 19.3 Å². The molecule has 0 N–H and O–H groups in total. The van der Waals surface area contributed by atoms with Crippen molar-refractivity contribution in [3.63, 3.8) is 0 Å². The first kappa shape index (κ1) is 10.3. The highest BCUT2D eigenvalue weighted by molar-refractivity contribution is 9.10. The first-order chi connectivity index (χ1) is 5.84. The van der Waals surface area contributed by atoms with Crippen LogP contribution in [0.25, 0.3) is 0 Å². The fourth-order valence-electron chi connectivity index (χ4n) is 1.11. The summed E-state index contributed by atoms with van der Waals surface area (Å²) >= 11 is 6.97. The lowest BCUT2D eigenvalue weighted by molar-refractivity contribution is 0.803. The summed E-state index contributed by atoms with van der Waals surface area (Å²) in [5, 5.41) is 1.11. The summed E-state index contributed by atoms with van der Waals surface area (Å²) in [4.78, 5) is 0. The van der Waals surface area contributed by atoms with Gasteiger partial charge in [-0.3, -0.25) is 0 Å². The van der Waals surface area contributed by atoms with Crippen LogP contribution < -0.4 is 0 Å². The Morgan fingerprint density at radius 1 is 1.08 bits per heavy atom. The van der Waals surface area contributed by atoms with Gasteiger partial charge in [-0.05, 0) is 30.9 Å². The molecule has 0 aliphatic heterocycles. The predicted molar refractivity (Wildman–Crippen MR) is 60.9 cm³/mol. The molecule has 12 heavy (non-hydrogen) atoms. The van der Waals surface area contributed by atoms with Gasteiger partial charge in [0.15, 0.2) is 0 Å². The topological polar surface area (TPSA) is 0 Å². The van der Waals surface area contributed by atoms with E-state index in [1.165, 1.54) is 29.3 Å². The van der Waals surface area contributed by atoms with Crippen LogP contribution in [0.4, 0.5) is 0 Å². The molecule has 0 spiro atoms. The fraction of sp³-hybridized carbons (Fsp3) is 0.400. The molecule has 1 rings (SSSR count). The Balaban J connectivity index is 2.46. The highest BCUT2D eigenvalue weighted by atomic mass is 79.9. The number of hydrogen-bond acceptors (Lipinski definition) is 0. The zero-order chi connectivity index (χ0) is 8.81. The number of halogens is 2. The summed E-state index contributed by atoms with van der Waals surface area (Å²) in [5.41, 5.74) is 1.42. The SMILES string of the molecule is BrCCCCc1ccccc1Br. The van der Waals surface area contributed by atoms with Crippen molar-refractivity contribution in [2.75, 3.05) is 5.33 Å². The van der Waals surface area contributed by atoms with Crippen LogP contribution in [0, 0.1) is 0 Å². The van der Waals surface area contributed by atoms with Gasteiger partial charge < -0.3 is 0 Å². The molecule has 0 aromatic heterocycles. The molecule has 0 saturated carbocycles. The Labute approximate surface area is 90.6 Å². The predicted octanol–water partition coefficient (Wildman–Crippen LogP) is 4.17. The summed E-state index contributed by atoms with van der Waals surface area (Å²) in [6, 6.07) is 8.42. The molecule has 0 saturated heterocycles. The zero-order valence-electron chi connectivity index (χ0n) is 6.89. The van der Waals surface area contributed by atoms with E-state index < -0.39 is 0 Å². The third-order valence-electron chi connectivity index (χ3n) is 1.79. The molecule has 0 unspecified atom stereocenters. The van der Waals surface area contributed by atoms with Crippen LogP contribution in [0.5, 0.6) is 0 Å². The van der Waals surface area contributed by atoms with Crippen LogP contribution in [-0.4, -0.2) is 5.33 Å². The van der Waals surface area contributed by atoms with Gasteiger partial charge in [-0.25, -0.2) is 0 Å². The van der Waals surface area contributed by atoms with Gasteiger partial charge >= 0.3 is 0 Å². The van der Waals surface area contributed by atoms with E-state index in [1.807, 2.05) is 0 Å². The van der Waals surface area contributed by atoms with Gasteiger partial charge in [0, 0.05) is 9.80 Å². The second-order valence-electron chi connectivity index (χ2n) is 2.74. The smallest absolute Gasteiger partial charge is 0.0207 e. The lowest BCUT2D eigenvalue weighted by Gasteiger charge is -2.02. The first-order valence-electron chi connectivity index (χ1n) is 4.14. The average Bonchev–Trinajstić information content (AvgIpc) is 2.09. The molecule has 0 aliphatic rings. The van der Waals surface area contributed by atoms with E-state index in [2.05, 4.69) is 56.1 Å². The molecule has 0 aliphatic carbocycles.